The molecule has 3 heteroatoms. The van der Waals surface area contributed by atoms with E-state index in [0.29, 0.717) is 5.88 Å². The zero-order valence-corrected chi connectivity index (χ0v) is 11.9. The molecule has 0 saturated heterocycles. The fraction of sp³-hybridized carbons (Fsp3) is 0.353. The molecule has 20 heavy (non-hydrogen) atoms. The van der Waals surface area contributed by atoms with Gasteiger partial charge >= 0.3 is 0 Å². The first-order valence-electron chi connectivity index (χ1n) is 7.36. The Bertz CT molecular complexity index is 595. The summed E-state index contributed by atoms with van der Waals surface area (Å²) in [6, 6.07) is 12.2. The molecule has 0 atom stereocenters. The molecule has 0 bridgehead atoms. The number of aryl methyl sites for hydroxylation is 2. The van der Waals surface area contributed by atoms with Crippen molar-refractivity contribution in [3.63, 3.8) is 0 Å². The van der Waals surface area contributed by atoms with Gasteiger partial charge in [0.15, 0.2) is 0 Å². The number of pyridine rings is 1. The van der Waals surface area contributed by atoms with Crippen molar-refractivity contribution in [3.05, 3.63) is 47.5 Å². The molecule has 1 N–H and O–H groups in total. The summed E-state index contributed by atoms with van der Waals surface area (Å²) in [5.41, 5.74) is 2.90. The van der Waals surface area contributed by atoms with Gasteiger partial charge in [-0.3, -0.25) is 0 Å². The Morgan fingerprint density at radius 3 is 2.80 bits per heavy atom. The van der Waals surface area contributed by atoms with Gasteiger partial charge in [0.05, 0.1) is 0 Å². The highest BCUT2D eigenvalue weighted by atomic mass is 16.5. The summed E-state index contributed by atoms with van der Waals surface area (Å²) >= 11 is 0. The average molecular weight is 268 g/mol. The minimum atomic E-state index is 0.638. The number of rotatable bonds is 4. The second-order valence-corrected chi connectivity index (χ2v) is 5.13. The van der Waals surface area contributed by atoms with E-state index in [4.69, 9.17) is 4.74 Å². The van der Waals surface area contributed by atoms with Crippen LogP contribution in [0.4, 0.5) is 5.82 Å². The molecule has 0 amide bonds. The lowest BCUT2D eigenvalue weighted by atomic mass is 9.92. The van der Waals surface area contributed by atoms with Gasteiger partial charge in [0.1, 0.15) is 11.6 Å². The molecule has 1 aromatic carbocycles. The standard InChI is InChI=1S/C17H20N2O/c1-2-18-16-8-5-9-17(19-16)20-15-11-10-13-6-3-4-7-14(13)12-15/h5,8-12H,2-4,6-7H2,1H3,(H,18,19). The molecule has 3 nitrogen and oxygen atoms in total. The largest absolute Gasteiger partial charge is 0.439 e. The molecule has 0 radical (unpaired) electrons. The molecule has 0 fully saturated rings. The van der Waals surface area contributed by atoms with Crippen LogP contribution in [-0.4, -0.2) is 11.5 Å². The number of fused-ring (bicyclic) bond motifs is 1. The van der Waals surface area contributed by atoms with Gasteiger partial charge in [0.2, 0.25) is 5.88 Å². The van der Waals surface area contributed by atoms with E-state index >= 15 is 0 Å². The van der Waals surface area contributed by atoms with E-state index in [1.807, 2.05) is 24.3 Å². The van der Waals surface area contributed by atoms with Crippen molar-refractivity contribution >= 4 is 5.82 Å². The molecule has 0 aliphatic heterocycles. The Morgan fingerprint density at radius 1 is 1.10 bits per heavy atom. The van der Waals surface area contributed by atoms with Crippen molar-refractivity contribution in [1.29, 1.82) is 0 Å². The summed E-state index contributed by atoms with van der Waals surface area (Å²) in [6.07, 6.45) is 4.95. The highest BCUT2D eigenvalue weighted by Crippen LogP contribution is 2.28. The molecular weight excluding hydrogens is 248 g/mol. The first-order chi connectivity index (χ1) is 9.85. The smallest absolute Gasteiger partial charge is 0.221 e. The van der Waals surface area contributed by atoms with Crippen molar-refractivity contribution in [2.45, 2.75) is 32.6 Å². The summed E-state index contributed by atoms with van der Waals surface area (Å²) in [5, 5.41) is 3.19. The second-order valence-electron chi connectivity index (χ2n) is 5.13. The van der Waals surface area contributed by atoms with Gasteiger partial charge in [-0.1, -0.05) is 12.1 Å². The van der Waals surface area contributed by atoms with Gasteiger partial charge in [-0.05, 0) is 61.9 Å². The van der Waals surface area contributed by atoms with Crippen molar-refractivity contribution in [2.24, 2.45) is 0 Å². The Labute approximate surface area is 120 Å². The molecular formula is C17H20N2O. The van der Waals surface area contributed by atoms with Gasteiger partial charge < -0.3 is 10.1 Å². The van der Waals surface area contributed by atoms with Crippen LogP contribution >= 0.6 is 0 Å². The Kier molecular flexibility index (Phi) is 3.86. The van der Waals surface area contributed by atoms with Crippen LogP contribution in [0.1, 0.15) is 30.9 Å². The van der Waals surface area contributed by atoms with Gasteiger partial charge in [-0.15, -0.1) is 0 Å². The van der Waals surface area contributed by atoms with Crippen LogP contribution in [-0.2, 0) is 12.8 Å². The molecule has 3 rings (SSSR count). The molecule has 1 aliphatic carbocycles. The summed E-state index contributed by atoms with van der Waals surface area (Å²) in [4.78, 5) is 4.44. The van der Waals surface area contributed by atoms with E-state index in [-0.39, 0.29) is 0 Å². The monoisotopic (exact) mass is 268 g/mol. The van der Waals surface area contributed by atoms with Crippen LogP contribution in [0.2, 0.25) is 0 Å². The second kappa shape index (κ2) is 5.95. The number of nitrogens with one attached hydrogen (secondary N) is 1. The van der Waals surface area contributed by atoms with Crippen LogP contribution < -0.4 is 10.1 Å². The first-order valence-corrected chi connectivity index (χ1v) is 7.36. The SMILES string of the molecule is CCNc1cccc(Oc2ccc3c(c2)CCCC3)n1. The van der Waals surface area contributed by atoms with Gasteiger partial charge in [-0.25, -0.2) is 0 Å². The molecule has 1 heterocycles. The zero-order chi connectivity index (χ0) is 13.8. The zero-order valence-electron chi connectivity index (χ0n) is 11.9. The molecule has 0 saturated carbocycles. The van der Waals surface area contributed by atoms with Crippen molar-refractivity contribution in [3.8, 4) is 11.6 Å². The molecule has 0 unspecified atom stereocenters. The Balaban J connectivity index is 1.78. The fourth-order valence-electron chi connectivity index (χ4n) is 2.65. The van der Waals surface area contributed by atoms with E-state index in [1.165, 1.54) is 30.4 Å². The van der Waals surface area contributed by atoms with Crippen LogP contribution in [0.15, 0.2) is 36.4 Å². The first kappa shape index (κ1) is 13.0. The van der Waals surface area contributed by atoms with Crippen LogP contribution in [0.5, 0.6) is 11.6 Å². The van der Waals surface area contributed by atoms with Crippen LogP contribution in [0, 0.1) is 0 Å². The molecule has 1 aliphatic rings. The quantitative estimate of drug-likeness (QED) is 0.903. The maximum atomic E-state index is 5.88. The number of ether oxygens (including phenoxy) is 1. The molecule has 104 valence electrons. The number of nitrogens with zero attached hydrogens (tertiary/aromatic N) is 1. The average Bonchev–Trinajstić information content (AvgIpc) is 2.48. The highest BCUT2D eigenvalue weighted by Gasteiger charge is 2.10. The summed E-state index contributed by atoms with van der Waals surface area (Å²) in [5.74, 6) is 2.37. The molecule has 2 aromatic rings. The summed E-state index contributed by atoms with van der Waals surface area (Å²) in [7, 11) is 0. The molecule has 0 spiro atoms. The lowest BCUT2D eigenvalue weighted by Gasteiger charge is -2.16. The lowest BCUT2D eigenvalue weighted by molar-refractivity contribution is 0.462. The van der Waals surface area contributed by atoms with E-state index in [2.05, 4.69) is 29.4 Å². The number of anilines is 1. The third-order valence-electron chi connectivity index (χ3n) is 3.62. The van der Waals surface area contributed by atoms with Crippen molar-refractivity contribution < 1.29 is 4.74 Å². The van der Waals surface area contributed by atoms with Crippen LogP contribution in [0.25, 0.3) is 0 Å². The number of hydrogen-bond acceptors (Lipinski definition) is 3. The third-order valence-corrected chi connectivity index (χ3v) is 3.62. The third kappa shape index (κ3) is 2.93. The van der Waals surface area contributed by atoms with Gasteiger partial charge in [0, 0.05) is 12.6 Å². The maximum absolute atomic E-state index is 5.88. The number of aromatic nitrogens is 1. The maximum Gasteiger partial charge on any atom is 0.221 e. The van der Waals surface area contributed by atoms with Crippen molar-refractivity contribution in [2.75, 3.05) is 11.9 Å². The Morgan fingerprint density at radius 2 is 1.95 bits per heavy atom. The summed E-state index contributed by atoms with van der Waals surface area (Å²) < 4.78 is 5.88. The normalized spacial score (nSPS) is 13.7. The predicted molar refractivity (Wildman–Crippen MR) is 81.6 cm³/mol. The molecule has 1 aromatic heterocycles. The predicted octanol–water partition coefficient (Wildman–Crippen LogP) is 4.18. The Hall–Kier alpha value is -2.03. The highest BCUT2D eigenvalue weighted by molar-refractivity contribution is 5.41. The van der Waals surface area contributed by atoms with Gasteiger partial charge in [0.25, 0.3) is 0 Å². The van der Waals surface area contributed by atoms with Crippen molar-refractivity contribution in [1.82, 2.24) is 4.98 Å². The minimum Gasteiger partial charge on any atom is -0.439 e. The van der Waals surface area contributed by atoms with Gasteiger partial charge in [-0.2, -0.15) is 4.98 Å². The van der Waals surface area contributed by atoms with E-state index in [0.717, 1.165) is 24.5 Å². The van der Waals surface area contributed by atoms with E-state index in [9.17, 15) is 0 Å². The lowest BCUT2D eigenvalue weighted by Crippen LogP contribution is -2.03. The topological polar surface area (TPSA) is 34.1 Å². The number of hydrogen-bond donors (Lipinski definition) is 1. The van der Waals surface area contributed by atoms with E-state index in [1.54, 1.807) is 0 Å². The van der Waals surface area contributed by atoms with E-state index < -0.39 is 0 Å². The van der Waals surface area contributed by atoms with Crippen LogP contribution in [0.3, 0.4) is 0 Å². The summed E-state index contributed by atoms with van der Waals surface area (Å²) in [6.45, 7) is 2.91. The minimum absolute atomic E-state index is 0.638. The fourth-order valence-corrected chi connectivity index (χ4v) is 2.65. The number of benzene rings is 1.